The Balaban J connectivity index is 2.77. The molecule has 5 heteroatoms. The Labute approximate surface area is 55.8 Å². The minimum atomic E-state index is -1.18. The van der Waals surface area contributed by atoms with Gasteiger partial charge >= 0.3 is 0 Å². The van der Waals surface area contributed by atoms with Crippen LogP contribution in [0.1, 0.15) is 0 Å². The predicted octanol–water partition coefficient (Wildman–Crippen LogP) is -0.370. The van der Waals surface area contributed by atoms with Crippen LogP contribution in [0.2, 0.25) is 0 Å². The number of aliphatic hydroxyl groups excluding tert-OH is 1. The predicted molar refractivity (Wildman–Crippen MR) is 31.8 cm³/mol. The molecule has 9 heavy (non-hydrogen) atoms. The van der Waals surface area contributed by atoms with Crippen LogP contribution in [0.4, 0.5) is 4.79 Å². The highest BCUT2D eigenvalue weighted by Gasteiger charge is 2.35. The van der Waals surface area contributed by atoms with Gasteiger partial charge < -0.3 is 5.11 Å². The molecule has 0 aromatic carbocycles. The highest BCUT2D eigenvalue weighted by Crippen LogP contribution is 2.22. The van der Waals surface area contributed by atoms with Gasteiger partial charge in [-0.3, -0.25) is 14.5 Å². The fourth-order valence-corrected chi connectivity index (χ4v) is 1.18. The van der Waals surface area contributed by atoms with Gasteiger partial charge in [0.25, 0.3) is 11.1 Å². The SMILES string of the molecule is CN1C(=O)SC(O)C1=O. The molecule has 0 saturated carbocycles. The van der Waals surface area contributed by atoms with Crippen molar-refractivity contribution in [3.05, 3.63) is 0 Å². The molecule has 1 saturated heterocycles. The summed E-state index contributed by atoms with van der Waals surface area (Å²) >= 11 is 0.630. The van der Waals surface area contributed by atoms with E-state index in [-0.39, 0.29) is 0 Å². The Morgan fingerprint density at radius 1 is 1.67 bits per heavy atom. The minimum absolute atomic E-state index is 0.396. The van der Waals surface area contributed by atoms with Crippen LogP contribution >= 0.6 is 11.8 Å². The minimum Gasteiger partial charge on any atom is -0.373 e. The summed E-state index contributed by atoms with van der Waals surface area (Å²) in [5, 5.41) is 8.29. The second kappa shape index (κ2) is 2.00. The van der Waals surface area contributed by atoms with E-state index in [9.17, 15) is 9.59 Å². The molecule has 1 fully saturated rings. The summed E-state index contributed by atoms with van der Waals surface area (Å²) in [5.74, 6) is -0.537. The number of nitrogens with zero attached hydrogens (tertiary/aromatic N) is 1. The summed E-state index contributed by atoms with van der Waals surface area (Å²) in [6, 6.07) is 0. The van der Waals surface area contributed by atoms with E-state index >= 15 is 0 Å². The summed E-state index contributed by atoms with van der Waals surface area (Å²) in [4.78, 5) is 22.0. The van der Waals surface area contributed by atoms with Crippen LogP contribution in [0, 0.1) is 0 Å². The Kier molecular flexibility index (Phi) is 1.46. The maximum absolute atomic E-state index is 10.5. The van der Waals surface area contributed by atoms with Crippen molar-refractivity contribution in [1.29, 1.82) is 0 Å². The zero-order valence-corrected chi connectivity index (χ0v) is 5.51. The summed E-state index contributed by atoms with van der Waals surface area (Å²) in [7, 11) is 1.34. The number of hydrogen-bond acceptors (Lipinski definition) is 4. The smallest absolute Gasteiger partial charge is 0.291 e. The van der Waals surface area contributed by atoms with E-state index in [0.29, 0.717) is 11.8 Å². The molecule has 50 valence electrons. The Hall–Kier alpha value is -0.550. The average Bonchev–Trinajstić information content (AvgIpc) is 1.98. The number of carbonyl (C=O) groups excluding carboxylic acids is 2. The highest BCUT2D eigenvalue weighted by molar-refractivity contribution is 8.15. The first kappa shape index (κ1) is 6.57. The quantitative estimate of drug-likeness (QED) is 0.508. The molecule has 1 aliphatic heterocycles. The lowest BCUT2D eigenvalue weighted by atomic mass is 10.6. The van der Waals surface area contributed by atoms with Gasteiger partial charge in [-0.15, -0.1) is 0 Å². The second-order valence-corrected chi connectivity index (χ2v) is 2.66. The molecule has 0 bridgehead atoms. The largest absolute Gasteiger partial charge is 0.373 e. The highest BCUT2D eigenvalue weighted by atomic mass is 32.2. The van der Waals surface area contributed by atoms with Gasteiger partial charge in [0.1, 0.15) is 0 Å². The maximum atomic E-state index is 10.5. The van der Waals surface area contributed by atoms with E-state index in [1.165, 1.54) is 7.05 Å². The van der Waals surface area contributed by atoms with Gasteiger partial charge in [0.2, 0.25) is 0 Å². The van der Waals surface area contributed by atoms with E-state index < -0.39 is 16.6 Å². The molecule has 1 rings (SSSR count). The fraction of sp³-hybridized carbons (Fsp3) is 0.500. The van der Waals surface area contributed by atoms with E-state index in [0.717, 1.165) is 4.90 Å². The van der Waals surface area contributed by atoms with Crippen LogP contribution in [0.5, 0.6) is 0 Å². The van der Waals surface area contributed by atoms with Gasteiger partial charge in [-0.05, 0) is 11.8 Å². The molecular weight excluding hydrogens is 142 g/mol. The third-order valence-corrected chi connectivity index (χ3v) is 1.93. The number of likely N-dealkylation sites (N-methyl/N-ethyl adjacent to an activating group) is 1. The van der Waals surface area contributed by atoms with Crippen molar-refractivity contribution in [3.8, 4) is 0 Å². The van der Waals surface area contributed by atoms with Crippen molar-refractivity contribution >= 4 is 22.9 Å². The van der Waals surface area contributed by atoms with Crippen molar-refractivity contribution in [3.63, 3.8) is 0 Å². The molecule has 0 aromatic rings. The molecule has 4 nitrogen and oxygen atoms in total. The van der Waals surface area contributed by atoms with Crippen molar-refractivity contribution in [2.45, 2.75) is 5.44 Å². The van der Waals surface area contributed by atoms with Crippen molar-refractivity contribution < 1.29 is 14.7 Å². The average molecular weight is 147 g/mol. The molecule has 1 heterocycles. The zero-order valence-electron chi connectivity index (χ0n) is 4.70. The zero-order chi connectivity index (χ0) is 7.02. The number of rotatable bonds is 0. The number of thioether (sulfide) groups is 1. The molecule has 0 radical (unpaired) electrons. The van der Waals surface area contributed by atoms with Gasteiger partial charge in [-0.2, -0.15) is 0 Å². The molecule has 1 unspecified atom stereocenters. The Morgan fingerprint density at radius 3 is 2.33 bits per heavy atom. The molecule has 1 atom stereocenters. The van der Waals surface area contributed by atoms with Crippen LogP contribution in [0.15, 0.2) is 0 Å². The van der Waals surface area contributed by atoms with E-state index in [1.54, 1.807) is 0 Å². The van der Waals surface area contributed by atoms with Crippen LogP contribution in [0.3, 0.4) is 0 Å². The molecular formula is C4H5NO3S. The summed E-state index contributed by atoms with van der Waals surface area (Å²) in [5.41, 5.74) is -1.18. The lowest BCUT2D eigenvalue weighted by Gasteiger charge is -2.00. The summed E-state index contributed by atoms with van der Waals surface area (Å²) in [6.07, 6.45) is 0. The third kappa shape index (κ3) is 0.927. The number of amides is 2. The maximum Gasteiger partial charge on any atom is 0.291 e. The van der Waals surface area contributed by atoms with Crippen LogP contribution in [-0.4, -0.2) is 33.6 Å². The van der Waals surface area contributed by atoms with Crippen LogP contribution in [-0.2, 0) is 4.79 Å². The number of aliphatic hydroxyl groups is 1. The third-order valence-electron chi connectivity index (χ3n) is 1.03. The van der Waals surface area contributed by atoms with Crippen LogP contribution < -0.4 is 0 Å². The summed E-state index contributed by atoms with van der Waals surface area (Å²) in [6.45, 7) is 0. The molecule has 0 aromatic heterocycles. The number of hydrogen-bond donors (Lipinski definition) is 1. The lowest BCUT2D eigenvalue weighted by Crippen LogP contribution is -2.26. The number of imide groups is 1. The first-order chi connectivity index (χ1) is 4.13. The van der Waals surface area contributed by atoms with Crippen molar-refractivity contribution in [2.24, 2.45) is 0 Å². The van der Waals surface area contributed by atoms with Gasteiger partial charge in [-0.25, -0.2) is 0 Å². The van der Waals surface area contributed by atoms with Gasteiger partial charge in [0, 0.05) is 7.05 Å². The molecule has 0 aliphatic carbocycles. The van der Waals surface area contributed by atoms with Crippen LogP contribution in [0.25, 0.3) is 0 Å². The van der Waals surface area contributed by atoms with Gasteiger partial charge in [0.15, 0.2) is 5.44 Å². The van der Waals surface area contributed by atoms with E-state index in [1.807, 2.05) is 0 Å². The first-order valence-electron chi connectivity index (χ1n) is 2.29. The fourth-order valence-electron chi connectivity index (χ4n) is 0.481. The lowest BCUT2D eigenvalue weighted by molar-refractivity contribution is -0.130. The molecule has 2 amide bonds. The van der Waals surface area contributed by atoms with Crippen molar-refractivity contribution in [2.75, 3.05) is 7.05 Å². The number of carbonyl (C=O) groups is 2. The standard InChI is InChI=1S/C4H5NO3S/c1-5-2(6)3(7)9-4(5)8/h3,7H,1H3. The molecule has 1 aliphatic rings. The monoisotopic (exact) mass is 147 g/mol. The topological polar surface area (TPSA) is 57.6 Å². The molecule has 1 N–H and O–H groups in total. The second-order valence-electron chi connectivity index (χ2n) is 1.63. The Bertz CT molecular complexity index is 169. The van der Waals surface area contributed by atoms with E-state index in [4.69, 9.17) is 5.11 Å². The first-order valence-corrected chi connectivity index (χ1v) is 3.17. The molecule has 0 spiro atoms. The Morgan fingerprint density at radius 2 is 2.22 bits per heavy atom. The van der Waals surface area contributed by atoms with E-state index in [2.05, 4.69) is 0 Å². The van der Waals surface area contributed by atoms with Gasteiger partial charge in [0.05, 0.1) is 0 Å². The van der Waals surface area contributed by atoms with Gasteiger partial charge in [-0.1, -0.05) is 0 Å². The van der Waals surface area contributed by atoms with Crippen molar-refractivity contribution in [1.82, 2.24) is 4.90 Å². The normalized spacial score (nSPS) is 27.8. The summed E-state index contributed by atoms with van der Waals surface area (Å²) < 4.78 is 0.